The van der Waals surface area contributed by atoms with E-state index in [1.807, 2.05) is 0 Å². The monoisotopic (exact) mass is 280 g/mol. The Balaban J connectivity index is 1.47. The Morgan fingerprint density at radius 1 is 1.20 bits per heavy atom. The Labute approximate surface area is 119 Å². The molecule has 0 spiro atoms. The number of likely N-dealkylation sites (tertiary alicyclic amines) is 1. The zero-order valence-electron chi connectivity index (χ0n) is 11.9. The van der Waals surface area contributed by atoms with E-state index in [2.05, 4.69) is 5.32 Å². The van der Waals surface area contributed by atoms with Crippen molar-refractivity contribution in [3.05, 3.63) is 0 Å². The van der Waals surface area contributed by atoms with Crippen LogP contribution in [0.5, 0.6) is 0 Å². The third kappa shape index (κ3) is 2.76. The third-order valence-electron chi connectivity index (χ3n) is 5.45. The summed E-state index contributed by atoms with van der Waals surface area (Å²) in [5.41, 5.74) is 0. The summed E-state index contributed by atoms with van der Waals surface area (Å²) in [5.74, 6) is 1.54. The standard InChI is InChI=1S/C15H24N2O3/c18-14(19)8-13-2-1-5-17(13)15(20)16-9-12-7-10-3-4-11(12)6-10/h10-13H,1-9H2,(H,16,20)(H,18,19). The second-order valence-corrected chi connectivity index (χ2v) is 6.71. The predicted molar refractivity (Wildman–Crippen MR) is 74.3 cm³/mol. The normalized spacial score (nSPS) is 35.5. The number of fused-ring (bicyclic) bond motifs is 2. The first-order valence-electron chi connectivity index (χ1n) is 7.89. The van der Waals surface area contributed by atoms with Crippen molar-refractivity contribution >= 4 is 12.0 Å². The van der Waals surface area contributed by atoms with Gasteiger partial charge < -0.3 is 15.3 Å². The number of hydrogen-bond donors (Lipinski definition) is 2. The molecule has 1 saturated heterocycles. The molecule has 1 heterocycles. The lowest BCUT2D eigenvalue weighted by molar-refractivity contribution is -0.137. The summed E-state index contributed by atoms with van der Waals surface area (Å²) in [4.78, 5) is 24.8. The highest BCUT2D eigenvalue weighted by Crippen LogP contribution is 2.47. The molecule has 3 aliphatic rings. The number of nitrogens with one attached hydrogen (secondary N) is 1. The van der Waals surface area contributed by atoms with E-state index in [9.17, 15) is 9.59 Å². The van der Waals surface area contributed by atoms with Gasteiger partial charge in [-0.3, -0.25) is 4.79 Å². The highest BCUT2D eigenvalue weighted by molar-refractivity contribution is 5.76. The lowest BCUT2D eigenvalue weighted by atomic mass is 9.89. The van der Waals surface area contributed by atoms with Gasteiger partial charge in [0.05, 0.1) is 6.42 Å². The number of rotatable bonds is 4. The minimum absolute atomic E-state index is 0.0588. The smallest absolute Gasteiger partial charge is 0.317 e. The van der Waals surface area contributed by atoms with Crippen LogP contribution in [0.2, 0.25) is 0 Å². The number of hydrogen-bond acceptors (Lipinski definition) is 2. The molecule has 20 heavy (non-hydrogen) atoms. The van der Waals surface area contributed by atoms with Crippen LogP contribution in [0, 0.1) is 17.8 Å². The van der Waals surface area contributed by atoms with Crippen molar-refractivity contribution in [1.82, 2.24) is 10.2 Å². The van der Waals surface area contributed by atoms with Crippen molar-refractivity contribution in [3.63, 3.8) is 0 Å². The molecule has 4 unspecified atom stereocenters. The van der Waals surface area contributed by atoms with E-state index in [4.69, 9.17) is 5.11 Å². The van der Waals surface area contributed by atoms with E-state index in [1.165, 1.54) is 25.7 Å². The fourth-order valence-electron chi connectivity index (χ4n) is 4.46. The predicted octanol–water partition coefficient (Wildman–Crippen LogP) is 2.07. The highest BCUT2D eigenvalue weighted by atomic mass is 16.4. The van der Waals surface area contributed by atoms with Gasteiger partial charge in [-0.25, -0.2) is 4.79 Å². The molecule has 5 heteroatoms. The maximum atomic E-state index is 12.2. The zero-order chi connectivity index (χ0) is 14.1. The van der Waals surface area contributed by atoms with Gasteiger partial charge in [0, 0.05) is 19.1 Å². The van der Waals surface area contributed by atoms with Crippen molar-refractivity contribution in [2.75, 3.05) is 13.1 Å². The molecule has 2 aliphatic carbocycles. The van der Waals surface area contributed by atoms with E-state index in [1.54, 1.807) is 4.90 Å². The van der Waals surface area contributed by atoms with Crippen LogP contribution in [0.25, 0.3) is 0 Å². The van der Waals surface area contributed by atoms with Gasteiger partial charge in [0.2, 0.25) is 0 Å². The maximum absolute atomic E-state index is 12.2. The van der Waals surface area contributed by atoms with Crippen LogP contribution < -0.4 is 5.32 Å². The van der Waals surface area contributed by atoms with Gasteiger partial charge in [-0.1, -0.05) is 6.42 Å². The van der Waals surface area contributed by atoms with E-state index in [0.717, 1.165) is 31.2 Å². The lowest BCUT2D eigenvalue weighted by Crippen LogP contribution is -2.45. The quantitative estimate of drug-likeness (QED) is 0.828. The molecular weight excluding hydrogens is 256 g/mol. The topological polar surface area (TPSA) is 69.6 Å². The number of nitrogens with zero attached hydrogens (tertiary/aromatic N) is 1. The second-order valence-electron chi connectivity index (χ2n) is 6.71. The van der Waals surface area contributed by atoms with Crippen LogP contribution in [-0.2, 0) is 4.79 Å². The molecule has 4 atom stereocenters. The Kier molecular flexibility index (Phi) is 3.85. The number of amides is 2. The van der Waals surface area contributed by atoms with Crippen molar-refractivity contribution in [2.24, 2.45) is 17.8 Å². The number of urea groups is 1. The van der Waals surface area contributed by atoms with Gasteiger partial charge in [-0.15, -0.1) is 0 Å². The molecule has 1 aliphatic heterocycles. The third-order valence-corrected chi connectivity index (χ3v) is 5.45. The average Bonchev–Trinajstić information content (AvgIpc) is 3.10. The maximum Gasteiger partial charge on any atom is 0.317 e. The van der Waals surface area contributed by atoms with Gasteiger partial charge in [-0.05, 0) is 49.9 Å². The van der Waals surface area contributed by atoms with Gasteiger partial charge in [-0.2, -0.15) is 0 Å². The molecule has 0 aromatic heterocycles. The molecular formula is C15H24N2O3. The largest absolute Gasteiger partial charge is 0.481 e. The summed E-state index contributed by atoms with van der Waals surface area (Å²) in [6.07, 6.45) is 7.13. The van der Waals surface area contributed by atoms with E-state index < -0.39 is 5.97 Å². The molecule has 0 aromatic carbocycles. The van der Waals surface area contributed by atoms with Gasteiger partial charge in [0.15, 0.2) is 0 Å². The summed E-state index contributed by atoms with van der Waals surface area (Å²) in [5, 5.41) is 11.9. The molecule has 0 radical (unpaired) electrons. The van der Waals surface area contributed by atoms with E-state index >= 15 is 0 Å². The van der Waals surface area contributed by atoms with E-state index in [-0.39, 0.29) is 18.5 Å². The van der Waals surface area contributed by atoms with Crippen LogP contribution in [0.3, 0.4) is 0 Å². The summed E-state index contributed by atoms with van der Waals surface area (Å²) < 4.78 is 0. The van der Waals surface area contributed by atoms with Crippen LogP contribution in [0.4, 0.5) is 4.79 Å². The molecule has 3 rings (SSSR count). The minimum Gasteiger partial charge on any atom is -0.481 e. The first-order valence-corrected chi connectivity index (χ1v) is 7.89. The van der Waals surface area contributed by atoms with Crippen LogP contribution >= 0.6 is 0 Å². The average molecular weight is 280 g/mol. The Hall–Kier alpha value is -1.26. The summed E-state index contributed by atoms with van der Waals surface area (Å²) in [6, 6.07) is -0.177. The van der Waals surface area contributed by atoms with Crippen LogP contribution in [-0.4, -0.2) is 41.1 Å². The van der Waals surface area contributed by atoms with Crippen LogP contribution in [0.15, 0.2) is 0 Å². The van der Waals surface area contributed by atoms with Crippen molar-refractivity contribution in [2.45, 2.75) is 51.0 Å². The molecule has 112 valence electrons. The molecule has 0 aromatic rings. The molecule has 2 saturated carbocycles. The van der Waals surface area contributed by atoms with Gasteiger partial charge >= 0.3 is 12.0 Å². The molecule has 2 amide bonds. The number of carboxylic acid groups (broad SMARTS) is 1. The molecule has 2 bridgehead atoms. The SMILES string of the molecule is O=C(O)CC1CCCN1C(=O)NCC1CC2CCC1C2. The van der Waals surface area contributed by atoms with Crippen LogP contribution in [0.1, 0.15) is 44.9 Å². The molecule has 3 fully saturated rings. The number of carbonyl (C=O) groups excluding carboxylic acids is 1. The zero-order valence-corrected chi connectivity index (χ0v) is 11.9. The van der Waals surface area contributed by atoms with Crippen molar-refractivity contribution < 1.29 is 14.7 Å². The Bertz CT molecular complexity index is 399. The fourth-order valence-corrected chi connectivity index (χ4v) is 4.46. The Morgan fingerprint density at radius 2 is 2.05 bits per heavy atom. The van der Waals surface area contributed by atoms with Crippen molar-refractivity contribution in [3.8, 4) is 0 Å². The minimum atomic E-state index is -0.817. The number of aliphatic carboxylic acids is 1. The Morgan fingerprint density at radius 3 is 2.70 bits per heavy atom. The number of carbonyl (C=O) groups is 2. The van der Waals surface area contributed by atoms with Gasteiger partial charge in [0.1, 0.15) is 0 Å². The number of carboxylic acids is 1. The summed E-state index contributed by atoms with van der Waals surface area (Å²) >= 11 is 0. The summed E-state index contributed by atoms with van der Waals surface area (Å²) in [6.45, 7) is 1.47. The van der Waals surface area contributed by atoms with Crippen molar-refractivity contribution in [1.29, 1.82) is 0 Å². The molecule has 5 nitrogen and oxygen atoms in total. The molecule has 2 N–H and O–H groups in total. The van der Waals surface area contributed by atoms with Gasteiger partial charge in [0.25, 0.3) is 0 Å². The first kappa shape index (κ1) is 13.7. The highest BCUT2D eigenvalue weighted by Gasteiger charge is 2.39. The first-order chi connectivity index (χ1) is 9.63. The fraction of sp³-hybridized carbons (Fsp3) is 0.867. The summed E-state index contributed by atoms with van der Waals surface area (Å²) in [7, 11) is 0. The van der Waals surface area contributed by atoms with E-state index in [0.29, 0.717) is 12.5 Å². The lowest BCUT2D eigenvalue weighted by Gasteiger charge is -2.27. The second kappa shape index (κ2) is 5.62.